The number of ether oxygens (including phenoxy) is 1. The van der Waals surface area contributed by atoms with Crippen LogP contribution in [0.3, 0.4) is 0 Å². The highest BCUT2D eigenvalue weighted by atomic mass is 35.5. The van der Waals surface area contributed by atoms with E-state index in [1.165, 1.54) is 6.21 Å². The van der Waals surface area contributed by atoms with Crippen molar-refractivity contribution in [1.29, 1.82) is 0 Å². The molecule has 7 heteroatoms. The molecule has 34 heavy (non-hydrogen) atoms. The summed E-state index contributed by atoms with van der Waals surface area (Å²) in [5.41, 5.74) is 4.73. The summed E-state index contributed by atoms with van der Waals surface area (Å²) >= 11 is 5.85. The average molecular weight is 470 g/mol. The van der Waals surface area contributed by atoms with Crippen LogP contribution in [0, 0.1) is 0 Å². The number of amides is 2. The standard InChI is InChI=1S/C27H20ClN3O3/c28-22-13-9-20(10-14-22)26(32)30-23-15-11-21(12-16-23)27(33)31-29-18-19-5-4-8-25(17-19)34-24-6-2-1-3-7-24/h1-18H,(H,30,32)(H,31,33). The third-order valence-corrected chi connectivity index (χ3v) is 4.98. The van der Waals surface area contributed by atoms with E-state index in [0.29, 0.717) is 27.6 Å². The first-order chi connectivity index (χ1) is 16.6. The van der Waals surface area contributed by atoms with Crippen LogP contribution in [0.1, 0.15) is 26.3 Å². The minimum atomic E-state index is -0.372. The molecule has 4 aromatic rings. The molecule has 0 atom stereocenters. The van der Waals surface area contributed by atoms with Gasteiger partial charge >= 0.3 is 0 Å². The summed E-state index contributed by atoms with van der Waals surface area (Å²) in [5.74, 6) is 0.760. The summed E-state index contributed by atoms with van der Waals surface area (Å²) in [7, 11) is 0. The predicted octanol–water partition coefficient (Wildman–Crippen LogP) is 6.15. The Kier molecular flexibility index (Phi) is 7.32. The molecule has 0 aromatic heterocycles. The van der Waals surface area contributed by atoms with Crippen molar-refractivity contribution in [3.8, 4) is 11.5 Å². The molecule has 6 nitrogen and oxygen atoms in total. The topological polar surface area (TPSA) is 79.8 Å². The molecule has 0 bridgehead atoms. The molecule has 0 radical (unpaired) electrons. The zero-order chi connectivity index (χ0) is 23.8. The van der Waals surface area contributed by atoms with Crippen molar-refractivity contribution in [3.05, 3.63) is 125 Å². The Morgan fingerprint density at radius 3 is 2.12 bits per heavy atom. The number of carbonyl (C=O) groups excluding carboxylic acids is 2. The first kappa shape index (κ1) is 22.8. The van der Waals surface area contributed by atoms with Gasteiger partial charge in [0.15, 0.2) is 0 Å². The molecular formula is C27H20ClN3O3. The van der Waals surface area contributed by atoms with Crippen molar-refractivity contribution in [3.63, 3.8) is 0 Å². The quantitative estimate of drug-likeness (QED) is 0.251. The fourth-order valence-electron chi connectivity index (χ4n) is 3.02. The predicted molar refractivity (Wildman–Crippen MR) is 134 cm³/mol. The van der Waals surface area contributed by atoms with E-state index >= 15 is 0 Å². The molecule has 0 saturated carbocycles. The van der Waals surface area contributed by atoms with Gasteiger partial charge in [-0.2, -0.15) is 5.10 Å². The molecule has 0 aliphatic heterocycles. The Bertz CT molecular complexity index is 1310. The van der Waals surface area contributed by atoms with Gasteiger partial charge in [-0.25, -0.2) is 5.43 Å². The van der Waals surface area contributed by atoms with Gasteiger partial charge in [-0.1, -0.05) is 41.9 Å². The molecule has 0 fully saturated rings. The fraction of sp³-hybridized carbons (Fsp3) is 0. The average Bonchev–Trinajstić information content (AvgIpc) is 2.86. The Labute approximate surface area is 201 Å². The summed E-state index contributed by atoms with van der Waals surface area (Å²) in [5, 5.41) is 7.36. The van der Waals surface area contributed by atoms with Gasteiger partial charge in [0.05, 0.1) is 6.21 Å². The number of hydrogen-bond acceptors (Lipinski definition) is 4. The van der Waals surface area contributed by atoms with Crippen molar-refractivity contribution in [2.24, 2.45) is 5.10 Å². The van der Waals surface area contributed by atoms with Crippen LogP contribution in [-0.2, 0) is 0 Å². The molecular weight excluding hydrogens is 450 g/mol. The van der Waals surface area contributed by atoms with E-state index < -0.39 is 0 Å². The van der Waals surface area contributed by atoms with Gasteiger partial charge in [-0.05, 0) is 78.4 Å². The number of nitrogens with one attached hydrogen (secondary N) is 2. The van der Waals surface area contributed by atoms with Gasteiger partial charge in [0.2, 0.25) is 0 Å². The number of carbonyl (C=O) groups is 2. The zero-order valence-corrected chi connectivity index (χ0v) is 18.7. The molecule has 2 N–H and O–H groups in total. The number of anilines is 1. The third kappa shape index (κ3) is 6.31. The number of rotatable bonds is 7. The van der Waals surface area contributed by atoms with E-state index in [2.05, 4.69) is 15.8 Å². The van der Waals surface area contributed by atoms with Crippen molar-refractivity contribution >= 4 is 35.3 Å². The summed E-state index contributed by atoms with van der Waals surface area (Å²) in [4.78, 5) is 24.7. The SMILES string of the molecule is O=C(NN=Cc1cccc(Oc2ccccc2)c1)c1ccc(NC(=O)c2ccc(Cl)cc2)cc1. The molecule has 0 saturated heterocycles. The van der Waals surface area contributed by atoms with Crippen molar-refractivity contribution in [2.45, 2.75) is 0 Å². The van der Waals surface area contributed by atoms with Crippen molar-refractivity contribution < 1.29 is 14.3 Å². The maximum atomic E-state index is 12.4. The van der Waals surface area contributed by atoms with Crippen molar-refractivity contribution in [1.82, 2.24) is 5.43 Å². The highest BCUT2D eigenvalue weighted by molar-refractivity contribution is 6.30. The largest absolute Gasteiger partial charge is 0.457 e. The molecule has 168 valence electrons. The maximum Gasteiger partial charge on any atom is 0.271 e. The van der Waals surface area contributed by atoms with Crippen LogP contribution in [0.5, 0.6) is 11.5 Å². The van der Waals surface area contributed by atoms with Crippen LogP contribution in [0.25, 0.3) is 0 Å². The van der Waals surface area contributed by atoms with Gasteiger partial charge in [-0.3, -0.25) is 9.59 Å². The van der Waals surface area contributed by atoms with Gasteiger partial charge in [0.1, 0.15) is 11.5 Å². The van der Waals surface area contributed by atoms with Crippen LogP contribution in [0.4, 0.5) is 5.69 Å². The first-order valence-electron chi connectivity index (χ1n) is 10.4. The monoisotopic (exact) mass is 469 g/mol. The molecule has 4 aromatic carbocycles. The van der Waals surface area contributed by atoms with Gasteiger partial charge in [-0.15, -0.1) is 0 Å². The number of benzene rings is 4. The molecule has 0 aliphatic carbocycles. The van der Waals surface area contributed by atoms with Gasteiger partial charge in [0.25, 0.3) is 11.8 Å². The Morgan fingerprint density at radius 2 is 1.38 bits per heavy atom. The van der Waals surface area contributed by atoms with Crippen molar-refractivity contribution in [2.75, 3.05) is 5.32 Å². The number of nitrogens with zero attached hydrogens (tertiary/aromatic N) is 1. The van der Waals surface area contributed by atoms with Crippen LogP contribution in [-0.4, -0.2) is 18.0 Å². The summed E-state index contributed by atoms with van der Waals surface area (Å²) in [6.45, 7) is 0. The van der Waals surface area contributed by atoms with Crippen LogP contribution >= 0.6 is 11.6 Å². The van der Waals surface area contributed by atoms with E-state index in [-0.39, 0.29) is 11.8 Å². The minimum absolute atomic E-state index is 0.267. The third-order valence-electron chi connectivity index (χ3n) is 4.73. The number of hydrogen-bond donors (Lipinski definition) is 2. The van der Waals surface area contributed by atoms with E-state index in [1.54, 1.807) is 48.5 Å². The lowest BCUT2D eigenvalue weighted by molar-refractivity contribution is 0.0954. The normalized spacial score (nSPS) is 10.6. The number of para-hydroxylation sites is 1. The van der Waals surface area contributed by atoms with Crippen LogP contribution < -0.4 is 15.5 Å². The summed E-state index contributed by atoms with van der Waals surface area (Å²) < 4.78 is 5.80. The lowest BCUT2D eigenvalue weighted by Crippen LogP contribution is -2.17. The lowest BCUT2D eigenvalue weighted by Gasteiger charge is -2.07. The second-order valence-electron chi connectivity index (χ2n) is 7.23. The second-order valence-corrected chi connectivity index (χ2v) is 7.66. The number of hydrazone groups is 1. The lowest BCUT2D eigenvalue weighted by atomic mass is 10.1. The smallest absolute Gasteiger partial charge is 0.271 e. The molecule has 0 spiro atoms. The first-order valence-corrected chi connectivity index (χ1v) is 10.8. The van der Waals surface area contributed by atoms with Gasteiger partial charge in [0, 0.05) is 21.8 Å². The van der Waals surface area contributed by atoms with E-state index in [4.69, 9.17) is 16.3 Å². The van der Waals surface area contributed by atoms with E-state index in [0.717, 1.165) is 11.3 Å². The molecule has 4 rings (SSSR count). The van der Waals surface area contributed by atoms with E-state index in [9.17, 15) is 9.59 Å². The Balaban J connectivity index is 1.32. The Morgan fingerprint density at radius 1 is 0.735 bits per heavy atom. The van der Waals surface area contributed by atoms with Crippen LogP contribution in [0.15, 0.2) is 108 Å². The fourth-order valence-corrected chi connectivity index (χ4v) is 3.15. The van der Waals surface area contributed by atoms with Gasteiger partial charge < -0.3 is 10.1 Å². The highest BCUT2D eigenvalue weighted by Gasteiger charge is 2.08. The molecule has 0 aliphatic rings. The van der Waals surface area contributed by atoms with E-state index in [1.807, 2.05) is 54.6 Å². The highest BCUT2D eigenvalue weighted by Crippen LogP contribution is 2.21. The maximum absolute atomic E-state index is 12.4. The summed E-state index contributed by atoms with van der Waals surface area (Å²) in [6.07, 6.45) is 1.54. The summed E-state index contributed by atoms with van der Waals surface area (Å²) in [6, 6.07) is 29.9. The Hall–Kier alpha value is -4.42. The minimum Gasteiger partial charge on any atom is -0.457 e. The van der Waals surface area contributed by atoms with Crippen LogP contribution in [0.2, 0.25) is 5.02 Å². The molecule has 2 amide bonds. The molecule has 0 heterocycles. The second kappa shape index (κ2) is 10.9. The zero-order valence-electron chi connectivity index (χ0n) is 17.9. The number of halogens is 1. The molecule has 0 unspecified atom stereocenters.